The Morgan fingerprint density at radius 3 is 2.53 bits per heavy atom. The molecule has 2 rings (SSSR count). The van der Waals surface area contributed by atoms with Gasteiger partial charge in [0.2, 0.25) is 12.3 Å². The zero-order valence-electron chi connectivity index (χ0n) is 9.73. The summed E-state index contributed by atoms with van der Waals surface area (Å²) >= 11 is 0. The molecular formula is C11H19N3O. The highest BCUT2D eigenvalue weighted by Crippen LogP contribution is 2.33. The fourth-order valence-corrected chi connectivity index (χ4v) is 2.18. The fraction of sp³-hybridized carbons (Fsp3) is 0.818. The molecule has 1 aliphatic heterocycles. The van der Waals surface area contributed by atoms with E-state index in [4.69, 9.17) is 4.42 Å². The van der Waals surface area contributed by atoms with E-state index in [1.165, 1.54) is 6.39 Å². The van der Waals surface area contributed by atoms with Crippen LogP contribution in [0.15, 0.2) is 10.8 Å². The molecule has 84 valence electrons. The van der Waals surface area contributed by atoms with Gasteiger partial charge in [-0.25, -0.2) is 0 Å². The summed E-state index contributed by atoms with van der Waals surface area (Å²) in [5.74, 6) is 0.797. The molecule has 0 atom stereocenters. The van der Waals surface area contributed by atoms with Gasteiger partial charge >= 0.3 is 0 Å². The first kappa shape index (κ1) is 10.6. The summed E-state index contributed by atoms with van der Waals surface area (Å²) in [7, 11) is 0. The maximum atomic E-state index is 5.33. The Balaban J connectivity index is 2.03. The maximum absolute atomic E-state index is 5.33. The predicted molar refractivity (Wildman–Crippen MR) is 57.6 cm³/mol. The minimum Gasteiger partial charge on any atom is -0.427 e. The van der Waals surface area contributed by atoms with Gasteiger partial charge in [0.15, 0.2) is 0 Å². The molecule has 0 unspecified atom stereocenters. The number of hydrogen-bond donors (Lipinski definition) is 0. The molecule has 0 aliphatic carbocycles. The molecule has 0 saturated carbocycles. The van der Waals surface area contributed by atoms with Crippen LogP contribution in [0.25, 0.3) is 0 Å². The largest absolute Gasteiger partial charge is 0.427 e. The van der Waals surface area contributed by atoms with E-state index >= 15 is 0 Å². The summed E-state index contributed by atoms with van der Waals surface area (Å²) < 4.78 is 5.33. The van der Waals surface area contributed by atoms with Crippen molar-refractivity contribution >= 4 is 0 Å². The lowest BCUT2D eigenvalue weighted by Gasteiger charge is -2.38. The van der Waals surface area contributed by atoms with Gasteiger partial charge in [-0.3, -0.25) is 0 Å². The van der Waals surface area contributed by atoms with Crippen molar-refractivity contribution < 1.29 is 4.42 Å². The Labute approximate surface area is 90.7 Å². The second-order valence-electron chi connectivity index (χ2n) is 4.93. The molecule has 1 fully saturated rings. The smallest absolute Gasteiger partial charge is 0.222 e. The molecule has 0 spiro atoms. The molecule has 15 heavy (non-hydrogen) atoms. The molecule has 0 bridgehead atoms. The first-order chi connectivity index (χ1) is 7.12. The summed E-state index contributed by atoms with van der Waals surface area (Å²) in [6.07, 6.45) is 3.64. The van der Waals surface area contributed by atoms with Crippen LogP contribution in [-0.4, -0.2) is 34.2 Å². The quantitative estimate of drug-likeness (QED) is 0.745. The average molecular weight is 209 g/mol. The van der Waals surface area contributed by atoms with E-state index in [0.717, 1.165) is 31.8 Å². The molecule has 0 aromatic carbocycles. The minimum atomic E-state index is 0.0852. The van der Waals surface area contributed by atoms with Crippen molar-refractivity contribution in [3.05, 3.63) is 12.3 Å². The summed E-state index contributed by atoms with van der Waals surface area (Å²) in [4.78, 5) is 2.50. The number of hydrogen-bond acceptors (Lipinski definition) is 4. The first-order valence-corrected chi connectivity index (χ1v) is 5.62. The van der Waals surface area contributed by atoms with Crippen LogP contribution in [0.2, 0.25) is 0 Å². The highest BCUT2D eigenvalue weighted by atomic mass is 16.4. The molecular weight excluding hydrogens is 190 g/mol. The van der Waals surface area contributed by atoms with E-state index in [-0.39, 0.29) is 5.41 Å². The molecule has 1 aliphatic rings. The first-order valence-electron chi connectivity index (χ1n) is 5.62. The van der Waals surface area contributed by atoms with Gasteiger partial charge in [-0.15, -0.1) is 10.2 Å². The normalized spacial score (nSPS) is 22.1. The van der Waals surface area contributed by atoms with Gasteiger partial charge < -0.3 is 9.32 Å². The Morgan fingerprint density at radius 2 is 2.07 bits per heavy atom. The monoisotopic (exact) mass is 209 g/mol. The standard InChI is InChI=1S/C11H19N3O/c1-9(2)14-6-4-11(3,5-7-14)10-13-12-8-15-10/h8-9H,4-7H2,1-3H3. The summed E-state index contributed by atoms with van der Waals surface area (Å²) in [5, 5.41) is 7.81. The molecule has 0 amide bonds. The van der Waals surface area contributed by atoms with E-state index in [2.05, 4.69) is 35.9 Å². The van der Waals surface area contributed by atoms with Gasteiger partial charge in [-0.1, -0.05) is 6.92 Å². The molecule has 1 saturated heterocycles. The van der Waals surface area contributed by atoms with Crippen LogP contribution in [0.5, 0.6) is 0 Å². The van der Waals surface area contributed by atoms with Crippen LogP contribution in [0, 0.1) is 0 Å². The van der Waals surface area contributed by atoms with Crippen LogP contribution >= 0.6 is 0 Å². The van der Waals surface area contributed by atoms with Gasteiger partial charge in [0.25, 0.3) is 0 Å². The van der Waals surface area contributed by atoms with Crippen LogP contribution in [-0.2, 0) is 5.41 Å². The number of piperidine rings is 1. The van der Waals surface area contributed by atoms with Crippen LogP contribution < -0.4 is 0 Å². The van der Waals surface area contributed by atoms with Crippen molar-refractivity contribution in [1.82, 2.24) is 15.1 Å². The number of likely N-dealkylation sites (tertiary alicyclic amines) is 1. The molecule has 4 nitrogen and oxygen atoms in total. The van der Waals surface area contributed by atoms with Crippen molar-refractivity contribution in [2.75, 3.05) is 13.1 Å². The molecule has 4 heteroatoms. The Bertz CT molecular complexity index is 300. The van der Waals surface area contributed by atoms with Gasteiger partial charge in [0.05, 0.1) is 0 Å². The Kier molecular flexibility index (Phi) is 2.78. The summed E-state index contributed by atoms with van der Waals surface area (Å²) in [5.41, 5.74) is 0.0852. The van der Waals surface area contributed by atoms with Crippen molar-refractivity contribution in [3.63, 3.8) is 0 Å². The molecule has 0 N–H and O–H groups in total. The van der Waals surface area contributed by atoms with Crippen molar-refractivity contribution in [1.29, 1.82) is 0 Å². The Hall–Kier alpha value is -0.900. The van der Waals surface area contributed by atoms with E-state index in [0.29, 0.717) is 6.04 Å². The van der Waals surface area contributed by atoms with Crippen molar-refractivity contribution in [3.8, 4) is 0 Å². The predicted octanol–water partition coefficient (Wildman–Crippen LogP) is 1.83. The fourth-order valence-electron chi connectivity index (χ4n) is 2.18. The number of aromatic nitrogens is 2. The molecule has 0 radical (unpaired) electrons. The van der Waals surface area contributed by atoms with Crippen LogP contribution in [0.1, 0.15) is 39.5 Å². The topological polar surface area (TPSA) is 42.2 Å². The second kappa shape index (κ2) is 3.93. The summed E-state index contributed by atoms with van der Waals surface area (Å²) in [6, 6.07) is 0.636. The Morgan fingerprint density at radius 1 is 1.40 bits per heavy atom. The lowest BCUT2D eigenvalue weighted by Crippen LogP contribution is -2.44. The van der Waals surface area contributed by atoms with E-state index in [1.807, 2.05) is 0 Å². The average Bonchev–Trinajstić information content (AvgIpc) is 2.71. The van der Waals surface area contributed by atoms with E-state index in [9.17, 15) is 0 Å². The lowest BCUT2D eigenvalue weighted by atomic mass is 9.80. The number of rotatable bonds is 2. The third-order valence-electron chi connectivity index (χ3n) is 3.51. The molecule has 2 heterocycles. The van der Waals surface area contributed by atoms with Gasteiger partial charge in [0.1, 0.15) is 0 Å². The highest BCUT2D eigenvalue weighted by molar-refractivity contribution is 5.03. The van der Waals surface area contributed by atoms with Gasteiger partial charge in [-0.2, -0.15) is 0 Å². The SMILES string of the molecule is CC(C)N1CCC(C)(c2nnco2)CC1. The minimum absolute atomic E-state index is 0.0852. The maximum Gasteiger partial charge on any atom is 0.222 e. The van der Waals surface area contributed by atoms with Crippen LogP contribution in [0.4, 0.5) is 0 Å². The van der Waals surface area contributed by atoms with Crippen LogP contribution in [0.3, 0.4) is 0 Å². The lowest BCUT2D eigenvalue weighted by molar-refractivity contribution is 0.122. The zero-order chi connectivity index (χ0) is 10.9. The van der Waals surface area contributed by atoms with E-state index in [1.54, 1.807) is 0 Å². The van der Waals surface area contributed by atoms with Crippen molar-refractivity contribution in [2.45, 2.75) is 45.1 Å². The van der Waals surface area contributed by atoms with Gasteiger partial charge in [0, 0.05) is 11.5 Å². The third kappa shape index (κ3) is 2.04. The zero-order valence-corrected chi connectivity index (χ0v) is 9.73. The van der Waals surface area contributed by atoms with Crippen molar-refractivity contribution in [2.24, 2.45) is 0 Å². The third-order valence-corrected chi connectivity index (χ3v) is 3.51. The summed E-state index contributed by atoms with van der Waals surface area (Å²) in [6.45, 7) is 8.95. The molecule has 1 aromatic rings. The van der Waals surface area contributed by atoms with Gasteiger partial charge in [-0.05, 0) is 39.8 Å². The number of nitrogens with zero attached hydrogens (tertiary/aromatic N) is 3. The van der Waals surface area contributed by atoms with E-state index < -0.39 is 0 Å². The second-order valence-corrected chi connectivity index (χ2v) is 4.93. The highest BCUT2D eigenvalue weighted by Gasteiger charge is 2.36. The molecule has 1 aromatic heterocycles.